The van der Waals surface area contributed by atoms with E-state index in [2.05, 4.69) is 15.2 Å². The summed E-state index contributed by atoms with van der Waals surface area (Å²) in [6, 6.07) is 0. The van der Waals surface area contributed by atoms with Crippen LogP contribution in [0.3, 0.4) is 0 Å². The Bertz CT molecular complexity index is 751. The third kappa shape index (κ3) is 1.52. The molecule has 3 aromatic heterocycles. The van der Waals surface area contributed by atoms with Crippen molar-refractivity contribution in [3.63, 3.8) is 0 Å². The molecule has 0 aliphatic rings. The summed E-state index contributed by atoms with van der Waals surface area (Å²) in [5, 5.41) is 10.8. The summed E-state index contributed by atoms with van der Waals surface area (Å²) in [4.78, 5) is 5.41. The van der Waals surface area contributed by atoms with E-state index in [9.17, 15) is 0 Å². The van der Waals surface area contributed by atoms with Gasteiger partial charge in [0.05, 0.1) is 21.6 Å². The van der Waals surface area contributed by atoms with E-state index in [4.69, 9.17) is 23.2 Å². The Morgan fingerprint density at radius 2 is 2.00 bits per heavy atom. The lowest BCUT2D eigenvalue weighted by Crippen LogP contribution is -1.87. The predicted molar refractivity (Wildman–Crippen MR) is 72.2 cm³/mol. The van der Waals surface area contributed by atoms with Gasteiger partial charge >= 0.3 is 0 Å². The molecule has 0 aliphatic heterocycles. The summed E-state index contributed by atoms with van der Waals surface area (Å²) >= 11 is 13.8. The molecule has 0 amide bonds. The van der Waals surface area contributed by atoms with Crippen molar-refractivity contribution in [2.45, 2.75) is 13.8 Å². The van der Waals surface area contributed by atoms with Crippen LogP contribution in [0, 0.1) is 13.8 Å². The molecule has 6 heteroatoms. The topological polar surface area (TPSA) is 38.7 Å². The molecule has 0 bridgehead atoms. The van der Waals surface area contributed by atoms with E-state index in [1.807, 2.05) is 13.8 Å². The van der Waals surface area contributed by atoms with Crippen molar-refractivity contribution in [1.29, 1.82) is 0 Å². The molecule has 0 aromatic carbocycles. The quantitative estimate of drug-likeness (QED) is 0.622. The first-order valence-corrected chi connectivity index (χ1v) is 6.53. The Hall–Kier alpha value is -0.970. The first kappa shape index (κ1) is 11.1. The van der Waals surface area contributed by atoms with Crippen molar-refractivity contribution in [2.24, 2.45) is 0 Å². The second kappa shape index (κ2) is 3.77. The van der Waals surface area contributed by atoms with Gasteiger partial charge in [-0.2, -0.15) is 5.10 Å². The number of pyridine rings is 1. The fraction of sp³-hybridized carbons (Fsp3) is 0.182. The number of halogens is 2. The molecule has 3 heterocycles. The van der Waals surface area contributed by atoms with Crippen molar-refractivity contribution in [1.82, 2.24) is 15.2 Å². The normalized spacial score (nSPS) is 11.5. The van der Waals surface area contributed by atoms with Gasteiger partial charge in [0.25, 0.3) is 0 Å². The van der Waals surface area contributed by atoms with Crippen LogP contribution in [-0.4, -0.2) is 15.2 Å². The van der Waals surface area contributed by atoms with Crippen molar-refractivity contribution < 1.29 is 0 Å². The van der Waals surface area contributed by atoms with Crippen LogP contribution in [0.1, 0.15) is 11.3 Å². The number of fused-ring (bicyclic) bond motifs is 3. The van der Waals surface area contributed by atoms with Crippen molar-refractivity contribution in [3.8, 4) is 0 Å². The second-order valence-electron chi connectivity index (χ2n) is 3.80. The molecule has 0 spiro atoms. The molecule has 0 saturated carbocycles. The number of thiophene rings is 1. The molecular weight excluding hydrogens is 277 g/mol. The zero-order valence-corrected chi connectivity index (χ0v) is 11.4. The van der Waals surface area contributed by atoms with Crippen LogP contribution < -0.4 is 0 Å². The Kier molecular flexibility index (Phi) is 2.47. The van der Waals surface area contributed by atoms with Gasteiger partial charge in [-0.25, -0.2) is 4.98 Å². The van der Waals surface area contributed by atoms with Crippen LogP contribution in [0.15, 0.2) is 6.20 Å². The molecule has 3 rings (SSSR count). The van der Waals surface area contributed by atoms with Crippen molar-refractivity contribution in [2.75, 3.05) is 0 Å². The van der Waals surface area contributed by atoms with Gasteiger partial charge in [-0.15, -0.1) is 16.4 Å². The minimum absolute atomic E-state index is 0.415. The molecule has 0 radical (unpaired) electrons. The van der Waals surface area contributed by atoms with Gasteiger partial charge in [0, 0.05) is 10.8 Å². The number of nitrogens with zero attached hydrogens (tertiary/aromatic N) is 3. The first-order chi connectivity index (χ1) is 8.09. The highest BCUT2D eigenvalue weighted by Crippen LogP contribution is 2.39. The summed E-state index contributed by atoms with van der Waals surface area (Å²) in [5.74, 6) is 0. The molecule has 0 atom stereocenters. The zero-order valence-electron chi connectivity index (χ0n) is 9.08. The number of rotatable bonds is 0. The highest BCUT2D eigenvalue weighted by molar-refractivity contribution is 7.26. The largest absolute Gasteiger partial charge is 0.241 e. The van der Waals surface area contributed by atoms with Crippen LogP contribution in [0.25, 0.3) is 20.3 Å². The van der Waals surface area contributed by atoms with Crippen LogP contribution >= 0.6 is 34.5 Å². The van der Waals surface area contributed by atoms with Gasteiger partial charge in [0.2, 0.25) is 0 Å². The van der Waals surface area contributed by atoms with Gasteiger partial charge in [0.15, 0.2) is 5.15 Å². The molecule has 86 valence electrons. The van der Waals surface area contributed by atoms with Crippen LogP contribution in [-0.2, 0) is 0 Å². The second-order valence-corrected chi connectivity index (χ2v) is 5.53. The van der Waals surface area contributed by atoms with Gasteiger partial charge in [-0.1, -0.05) is 23.2 Å². The molecule has 17 heavy (non-hydrogen) atoms. The average Bonchev–Trinajstić information content (AvgIpc) is 2.66. The van der Waals surface area contributed by atoms with Crippen molar-refractivity contribution >= 4 is 54.8 Å². The van der Waals surface area contributed by atoms with E-state index in [1.54, 1.807) is 6.20 Å². The molecule has 3 aromatic rings. The molecule has 0 saturated heterocycles. The fourth-order valence-electron chi connectivity index (χ4n) is 1.91. The smallest absolute Gasteiger partial charge is 0.169 e. The standard InChI is InChI=1S/C11H7Cl2N3S/c1-4-7-6-3-14-16-10(13)9(6)17-11(7)15-5(2)8(4)12/h3H,1-2H3. The lowest BCUT2D eigenvalue weighted by Gasteiger charge is -2.03. The fourth-order valence-corrected chi connectivity index (χ4v) is 3.44. The molecule has 0 aliphatic carbocycles. The minimum Gasteiger partial charge on any atom is -0.241 e. The molecule has 0 unspecified atom stereocenters. The first-order valence-electron chi connectivity index (χ1n) is 4.95. The molecule has 3 nitrogen and oxygen atoms in total. The molecule has 0 N–H and O–H groups in total. The average molecular weight is 284 g/mol. The number of aryl methyl sites for hydroxylation is 2. The Balaban J connectivity index is 2.62. The molecular formula is C11H7Cl2N3S. The summed E-state index contributed by atoms with van der Waals surface area (Å²) in [5.41, 5.74) is 1.85. The minimum atomic E-state index is 0.415. The summed E-state index contributed by atoms with van der Waals surface area (Å²) in [6.45, 7) is 3.89. The van der Waals surface area contributed by atoms with Gasteiger partial charge < -0.3 is 0 Å². The van der Waals surface area contributed by atoms with Crippen LogP contribution in [0.2, 0.25) is 10.2 Å². The summed E-state index contributed by atoms with van der Waals surface area (Å²) < 4.78 is 0.911. The lowest BCUT2D eigenvalue weighted by molar-refractivity contribution is 1.05. The third-order valence-electron chi connectivity index (χ3n) is 2.74. The number of hydrogen-bond acceptors (Lipinski definition) is 4. The lowest BCUT2D eigenvalue weighted by atomic mass is 10.1. The van der Waals surface area contributed by atoms with Crippen LogP contribution in [0.4, 0.5) is 0 Å². The Labute approximate surface area is 111 Å². The van der Waals surface area contributed by atoms with Gasteiger partial charge in [-0.05, 0) is 19.4 Å². The zero-order chi connectivity index (χ0) is 12.2. The SMILES string of the molecule is Cc1nc2sc3c(Cl)nncc3c2c(C)c1Cl. The highest BCUT2D eigenvalue weighted by Gasteiger charge is 2.15. The van der Waals surface area contributed by atoms with Gasteiger partial charge in [0.1, 0.15) is 4.83 Å². The monoisotopic (exact) mass is 283 g/mol. The third-order valence-corrected chi connectivity index (χ3v) is 4.78. The number of hydrogen-bond donors (Lipinski definition) is 0. The van der Waals surface area contributed by atoms with E-state index >= 15 is 0 Å². The molecule has 0 fully saturated rings. The van der Waals surface area contributed by atoms with E-state index in [1.165, 1.54) is 11.3 Å². The van der Waals surface area contributed by atoms with Crippen LogP contribution in [0.5, 0.6) is 0 Å². The van der Waals surface area contributed by atoms with Gasteiger partial charge in [-0.3, -0.25) is 0 Å². The van der Waals surface area contributed by atoms with Crippen molar-refractivity contribution in [3.05, 3.63) is 27.6 Å². The highest BCUT2D eigenvalue weighted by atomic mass is 35.5. The Morgan fingerprint density at radius 3 is 2.76 bits per heavy atom. The van der Waals surface area contributed by atoms with E-state index in [0.29, 0.717) is 10.2 Å². The summed E-state index contributed by atoms with van der Waals surface area (Å²) in [7, 11) is 0. The maximum atomic E-state index is 6.23. The van der Waals surface area contributed by atoms with E-state index < -0.39 is 0 Å². The maximum Gasteiger partial charge on any atom is 0.169 e. The summed E-state index contributed by atoms with van der Waals surface area (Å²) in [6.07, 6.45) is 1.71. The Morgan fingerprint density at radius 1 is 1.24 bits per heavy atom. The van der Waals surface area contributed by atoms with E-state index in [0.717, 1.165) is 31.6 Å². The number of aromatic nitrogens is 3. The predicted octanol–water partition coefficient (Wildman–Crippen LogP) is 4.16. The van der Waals surface area contributed by atoms with E-state index in [-0.39, 0.29) is 0 Å². The maximum absolute atomic E-state index is 6.23.